The summed E-state index contributed by atoms with van der Waals surface area (Å²) >= 11 is 0. The van der Waals surface area contributed by atoms with Crippen LogP contribution in [0.25, 0.3) is 0 Å². The van der Waals surface area contributed by atoms with E-state index in [0.717, 1.165) is 12.2 Å². The highest BCUT2D eigenvalue weighted by Gasteiger charge is 2.09. The number of unbranched alkanes of at least 4 members (excludes halogenated alkanes) is 1. The van der Waals surface area contributed by atoms with Crippen LogP contribution in [0.3, 0.4) is 0 Å². The Morgan fingerprint density at radius 3 is 2.27 bits per heavy atom. The van der Waals surface area contributed by atoms with Gasteiger partial charge in [-0.05, 0) is 25.7 Å². The van der Waals surface area contributed by atoms with Crippen molar-refractivity contribution in [2.24, 2.45) is 11.7 Å². The normalized spacial score (nSPS) is 14.4. The standard InChI is InChI=1S/C13H28N2/c1-6-8-9-15(12(5)7-2)10-13(14)11(3)4/h10-12H,6-9,14H2,1-5H3/b13-10-. The average Bonchev–Trinajstić information content (AvgIpc) is 2.22. The number of hydrogen-bond donors (Lipinski definition) is 1. The molecule has 0 saturated heterocycles. The van der Waals surface area contributed by atoms with Gasteiger partial charge in [-0.1, -0.05) is 34.1 Å². The van der Waals surface area contributed by atoms with Gasteiger partial charge in [-0.25, -0.2) is 0 Å². The highest BCUT2D eigenvalue weighted by Crippen LogP contribution is 2.10. The monoisotopic (exact) mass is 212 g/mol. The molecule has 2 N–H and O–H groups in total. The van der Waals surface area contributed by atoms with Crippen LogP contribution in [0.5, 0.6) is 0 Å². The number of hydrogen-bond acceptors (Lipinski definition) is 2. The predicted octanol–water partition coefficient (Wildman–Crippen LogP) is 3.34. The van der Waals surface area contributed by atoms with E-state index in [1.54, 1.807) is 0 Å². The molecule has 0 heterocycles. The third-order valence-corrected chi connectivity index (χ3v) is 2.91. The second kappa shape index (κ2) is 7.61. The van der Waals surface area contributed by atoms with Crippen molar-refractivity contribution in [3.63, 3.8) is 0 Å². The summed E-state index contributed by atoms with van der Waals surface area (Å²) in [5, 5.41) is 0. The van der Waals surface area contributed by atoms with E-state index in [1.807, 2.05) is 0 Å². The van der Waals surface area contributed by atoms with E-state index >= 15 is 0 Å². The summed E-state index contributed by atoms with van der Waals surface area (Å²) in [6.45, 7) is 12.1. The third kappa shape index (κ3) is 5.71. The fourth-order valence-corrected chi connectivity index (χ4v) is 1.33. The molecule has 0 rings (SSSR count). The molecular weight excluding hydrogens is 184 g/mol. The van der Waals surface area contributed by atoms with Gasteiger partial charge in [-0.15, -0.1) is 0 Å². The zero-order valence-electron chi connectivity index (χ0n) is 11.1. The zero-order chi connectivity index (χ0) is 11.8. The molecule has 0 bridgehead atoms. The molecule has 2 nitrogen and oxygen atoms in total. The molecule has 0 aromatic carbocycles. The lowest BCUT2D eigenvalue weighted by Crippen LogP contribution is -2.30. The van der Waals surface area contributed by atoms with Gasteiger partial charge in [0, 0.05) is 24.5 Å². The average molecular weight is 212 g/mol. The van der Waals surface area contributed by atoms with E-state index in [1.165, 1.54) is 19.3 Å². The van der Waals surface area contributed by atoms with Crippen LogP contribution in [0.4, 0.5) is 0 Å². The van der Waals surface area contributed by atoms with Crippen LogP contribution in [-0.4, -0.2) is 17.5 Å². The molecule has 0 amide bonds. The molecular formula is C13H28N2. The zero-order valence-corrected chi connectivity index (χ0v) is 11.1. The minimum atomic E-state index is 0.443. The lowest BCUT2D eigenvalue weighted by Gasteiger charge is -2.28. The fourth-order valence-electron chi connectivity index (χ4n) is 1.33. The topological polar surface area (TPSA) is 29.3 Å². The van der Waals surface area contributed by atoms with Gasteiger partial charge < -0.3 is 10.6 Å². The van der Waals surface area contributed by atoms with Crippen LogP contribution in [0.15, 0.2) is 11.9 Å². The van der Waals surface area contributed by atoms with Crippen molar-refractivity contribution >= 4 is 0 Å². The Morgan fingerprint density at radius 2 is 1.87 bits per heavy atom. The molecule has 0 aliphatic heterocycles. The SMILES string of the molecule is CCCCN(/C=C(\N)C(C)C)C(C)CC. The van der Waals surface area contributed by atoms with E-state index in [4.69, 9.17) is 5.73 Å². The first-order valence-electron chi connectivity index (χ1n) is 6.25. The number of rotatable bonds is 7. The van der Waals surface area contributed by atoms with E-state index in [0.29, 0.717) is 12.0 Å². The van der Waals surface area contributed by atoms with Crippen LogP contribution in [0.1, 0.15) is 53.9 Å². The second-order valence-electron chi connectivity index (χ2n) is 4.63. The van der Waals surface area contributed by atoms with Crippen LogP contribution >= 0.6 is 0 Å². The van der Waals surface area contributed by atoms with Crippen molar-refractivity contribution in [1.29, 1.82) is 0 Å². The van der Waals surface area contributed by atoms with Crippen molar-refractivity contribution < 1.29 is 0 Å². The molecule has 0 aromatic heterocycles. The van der Waals surface area contributed by atoms with Gasteiger partial charge >= 0.3 is 0 Å². The van der Waals surface area contributed by atoms with Crippen molar-refractivity contribution in [2.45, 2.75) is 59.9 Å². The summed E-state index contributed by atoms with van der Waals surface area (Å²) in [4.78, 5) is 2.39. The molecule has 90 valence electrons. The van der Waals surface area contributed by atoms with Gasteiger partial charge in [0.25, 0.3) is 0 Å². The minimum Gasteiger partial charge on any atom is -0.401 e. The largest absolute Gasteiger partial charge is 0.401 e. The molecule has 0 spiro atoms. The van der Waals surface area contributed by atoms with Crippen LogP contribution < -0.4 is 5.73 Å². The van der Waals surface area contributed by atoms with E-state index < -0.39 is 0 Å². The molecule has 2 heteroatoms. The van der Waals surface area contributed by atoms with Crippen molar-refractivity contribution in [3.05, 3.63) is 11.9 Å². The molecule has 15 heavy (non-hydrogen) atoms. The highest BCUT2D eigenvalue weighted by atomic mass is 15.1. The van der Waals surface area contributed by atoms with Gasteiger partial charge in [0.15, 0.2) is 0 Å². The minimum absolute atomic E-state index is 0.443. The van der Waals surface area contributed by atoms with Gasteiger partial charge in [0.1, 0.15) is 0 Å². The number of nitrogens with two attached hydrogens (primary N) is 1. The first-order chi connectivity index (χ1) is 7.02. The molecule has 1 unspecified atom stereocenters. The molecule has 0 saturated carbocycles. The van der Waals surface area contributed by atoms with Crippen molar-refractivity contribution in [2.75, 3.05) is 6.54 Å². The first-order valence-corrected chi connectivity index (χ1v) is 6.25. The van der Waals surface area contributed by atoms with Gasteiger partial charge in [-0.2, -0.15) is 0 Å². The van der Waals surface area contributed by atoms with Crippen LogP contribution in [-0.2, 0) is 0 Å². The highest BCUT2D eigenvalue weighted by molar-refractivity contribution is 4.99. The number of nitrogens with zero attached hydrogens (tertiary/aromatic N) is 1. The second-order valence-corrected chi connectivity index (χ2v) is 4.63. The Labute approximate surface area is 95.5 Å². The maximum Gasteiger partial charge on any atom is 0.0268 e. The summed E-state index contributed by atoms with van der Waals surface area (Å²) in [6, 6.07) is 0.592. The Morgan fingerprint density at radius 1 is 1.27 bits per heavy atom. The Hall–Kier alpha value is -0.660. The predicted molar refractivity (Wildman–Crippen MR) is 68.5 cm³/mol. The van der Waals surface area contributed by atoms with Crippen LogP contribution in [0.2, 0.25) is 0 Å². The maximum atomic E-state index is 6.00. The summed E-state index contributed by atoms with van der Waals surface area (Å²) < 4.78 is 0. The summed E-state index contributed by atoms with van der Waals surface area (Å²) in [7, 11) is 0. The summed E-state index contributed by atoms with van der Waals surface area (Å²) in [6.07, 6.45) is 5.80. The summed E-state index contributed by atoms with van der Waals surface area (Å²) in [5.74, 6) is 0.443. The Bertz CT molecular complexity index is 185. The van der Waals surface area contributed by atoms with Gasteiger partial charge in [0.05, 0.1) is 0 Å². The van der Waals surface area contributed by atoms with Crippen molar-refractivity contribution in [1.82, 2.24) is 4.90 Å². The maximum absolute atomic E-state index is 6.00. The smallest absolute Gasteiger partial charge is 0.0268 e. The Balaban J connectivity index is 4.41. The van der Waals surface area contributed by atoms with Gasteiger partial charge in [0.2, 0.25) is 0 Å². The molecule has 1 atom stereocenters. The summed E-state index contributed by atoms with van der Waals surface area (Å²) in [5.41, 5.74) is 6.99. The molecule has 0 fully saturated rings. The van der Waals surface area contributed by atoms with E-state index in [-0.39, 0.29) is 0 Å². The molecule has 0 aliphatic carbocycles. The first kappa shape index (κ1) is 14.3. The lowest BCUT2D eigenvalue weighted by molar-refractivity contribution is 0.278. The van der Waals surface area contributed by atoms with E-state index in [2.05, 4.69) is 45.7 Å². The molecule has 0 aliphatic rings. The van der Waals surface area contributed by atoms with Gasteiger partial charge in [-0.3, -0.25) is 0 Å². The lowest BCUT2D eigenvalue weighted by atomic mass is 10.1. The van der Waals surface area contributed by atoms with Crippen LogP contribution in [0, 0.1) is 5.92 Å². The Kier molecular flexibility index (Phi) is 7.27. The third-order valence-electron chi connectivity index (χ3n) is 2.91. The van der Waals surface area contributed by atoms with Crippen molar-refractivity contribution in [3.8, 4) is 0 Å². The number of allylic oxidation sites excluding steroid dienone is 1. The quantitative estimate of drug-likeness (QED) is 0.701. The van der Waals surface area contributed by atoms with E-state index in [9.17, 15) is 0 Å². The molecule has 0 radical (unpaired) electrons. The fraction of sp³-hybridized carbons (Fsp3) is 0.846. The molecule has 0 aromatic rings.